The van der Waals surface area contributed by atoms with Crippen LogP contribution in [0.25, 0.3) is 0 Å². The Morgan fingerprint density at radius 3 is 2.54 bits per heavy atom. The molecule has 0 N–H and O–H groups in total. The summed E-state index contributed by atoms with van der Waals surface area (Å²) in [5.74, 6) is 0.388. The Balaban J connectivity index is 1.55. The molecule has 0 saturated carbocycles. The minimum atomic E-state index is 0.114. The molecule has 1 aliphatic heterocycles. The van der Waals surface area contributed by atoms with Gasteiger partial charge in [-0.05, 0) is 48.9 Å². The summed E-state index contributed by atoms with van der Waals surface area (Å²) in [6, 6.07) is 19.0. The van der Waals surface area contributed by atoms with Crippen LogP contribution in [0.3, 0.4) is 0 Å². The van der Waals surface area contributed by atoms with Gasteiger partial charge in [-0.15, -0.1) is 11.8 Å². The fourth-order valence-electron chi connectivity index (χ4n) is 3.64. The molecule has 2 aromatic carbocycles. The zero-order chi connectivity index (χ0) is 18.4. The van der Waals surface area contributed by atoms with E-state index in [-0.39, 0.29) is 11.8 Å². The third kappa shape index (κ3) is 5.12. The summed E-state index contributed by atoms with van der Waals surface area (Å²) in [7, 11) is 1.93. The zero-order valence-corrected chi connectivity index (χ0v) is 16.5. The normalized spacial score (nSPS) is 17.8. The molecular formula is C22H28N2OS. The van der Waals surface area contributed by atoms with Crippen LogP contribution in [0, 0.1) is 5.92 Å². The number of likely N-dealkylation sites (tertiary alicyclic amines) is 1. The molecule has 3 nitrogen and oxygen atoms in total. The average molecular weight is 369 g/mol. The number of piperidine rings is 1. The summed E-state index contributed by atoms with van der Waals surface area (Å²) >= 11 is 1.77. The Hall–Kier alpha value is -1.78. The molecule has 1 aliphatic rings. The Morgan fingerprint density at radius 2 is 1.85 bits per heavy atom. The second-order valence-corrected chi connectivity index (χ2v) is 7.98. The van der Waals surface area contributed by atoms with E-state index < -0.39 is 0 Å². The first-order valence-electron chi connectivity index (χ1n) is 9.30. The van der Waals surface area contributed by atoms with Crippen LogP contribution in [0.1, 0.15) is 24.0 Å². The maximum absolute atomic E-state index is 12.9. The Kier molecular flexibility index (Phi) is 6.75. The number of hydrogen-bond acceptors (Lipinski definition) is 3. The highest BCUT2D eigenvalue weighted by atomic mass is 32.2. The van der Waals surface area contributed by atoms with Crippen LogP contribution in [-0.4, -0.2) is 42.1 Å². The summed E-state index contributed by atoms with van der Waals surface area (Å²) in [6.07, 6.45) is 4.19. The van der Waals surface area contributed by atoms with Gasteiger partial charge in [0.15, 0.2) is 0 Å². The van der Waals surface area contributed by atoms with Crippen LogP contribution in [-0.2, 0) is 17.9 Å². The van der Waals surface area contributed by atoms with E-state index in [1.807, 2.05) is 30.1 Å². The monoisotopic (exact) mass is 368 g/mol. The van der Waals surface area contributed by atoms with Crippen molar-refractivity contribution in [2.75, 3.05) is 26.4 Å². The third-order valence-electron chi connectivity index (χ3n) is 5.06. The predicted molar refractivity (Wildman–Crippen MR) is 109 cm³/mol. The van der Waals surface area contributed by atoms with Crippen molar-refractivity contribution in [1.82, 2.24) is 9.80 Å². The van der Waals surface area contributed by atoms with Crippen molar-refractivity contribution in [2.24, 2.45) is 5.92 Å². The number of nitrogens with zero attached hydrogens (tertiary/aromatic N) is 2. The number of rotatable bonds is 6. The van der Waals surface area contributed by atoms with Crippen molar-refractivity contribution in [3.05, 3.63) is 65.7 Å². The summed E-state index contributed by atoms with van der Waals surface area (Å²) in [5.41, 5.74) is 2.51. The molecule has 1 saturated heterocycles. The summed E-state index contributed by atoms with van der Waals surface area (Å²) in [5, 5.41) is 0. The van der Waals surface area contributed by atoms with Gasteiger partial charge < -0.3 is 4.90 Å². The highest BCUT2D eigenvalue weighted by Crippen LogP contribution is 2.22. The molecule has 0 spiro atoms. The van der Waals surface area contributed by atoms with Gasteiger partial charge >= 0.3 is 0 Å². The van der Waals surface area contributed by atoms with Gasteiger partial charge in [-0.25, -0.2) is 0 Å². The lowest BCUT2D eigenvalue weighted by atomic mass is 9.96. The first kappa shape index (κ1) is 19.0. The number of benzene rings is 2. The van der Waals surface area contributed by atoms with Gasteiger partial charge in [-0.3, -0.25) is 9.69 Å². The van der Waals surface area contributed by atoms with E-state index in [0.29, 0.717) is 6.54 Å². The number of thioether (sulfide) groups is 1. The summed E-state index contributed by atoms with van der Waals surface area (Å²) in [4.78, 5) is 18.5. The maximum atomic E-state index is 12.9. The highest BCUT2D eigenvalue weighted by molar-refractivity contribution is 7.98. The van der Waals surface area contributed by atoms with E-state index in [0.717, 1.165) is 32.5 Å². The zero-order valence-electron chi connectivity index (χ0n) is 15.7. The molecule has 1 fully saturated rings. The Morgan fingerprint density at radius 1 is 1.12 bits per heavy atom. The first-order chi connectivity index (χ1) is 12.7. The van der Waals surface area contributed by atoms with E-state index in [4.69, 9.17) is 0 Å². The van der Waals surface area contributed by atoms with Gasteiger partial charge in [0.05, 0.1) is 5.92 Å². The van der Waals surface area contributed by atoms with E-state index in [9.17, 15) is 4.79 Å². The standard InChI is InChI=1S/C22H28N2OS/c1-23(15-18-7-4-3-5-8-18)22(25)20-9-6-14-24(17-20)16-19-10-12-21(26-2)13-11-19/h3-5,7-8,10-13,20H,6,9,14-17H2,1-2H3/t20-/m0/s1. The second kappa shape index (κ2) is 9.24. The van der Waals surface area contributed by atoms with E-state index >= 15 is 0 Å². The molecule has 0 radical (unpaired) electrons. The Labute approximate surface area is 161 Å². The van der Waals surface area contributed by atoms with E-state index in [2.05, 4.69) is 47.6 Å². The van der Waals surface area contributed by atoms with Gasteiger partial charge in [0.2, 0.25) is 5.91 Å². The molecule has 1 heterocycles. The minimum absolute atomic E-state index is 0.114. The molecule has 3 rings (SSSR count). The molecule has 4 heteroatoms. The van der Waals surface area contributed by atoms with Gasteiger partial charge in [0, 0.05) is 31.6 Å². The number of amides is 1. The first-order valence-corrected chi connectivity index (χ1v) is 10.5. The van der Waals surface area contributed by atoms with Gasteiger partial charge in [-0.2, -0.15) is 0 Å². The molecule has 2 aromatic rings. The maximum Gasteiger partial charge on any atom is 0.227 e. The lowest BCUT2D eigenvalue weighted by molar-refractivity contribution is -0.136. The SMILES string of the molecule is CSc1ccc(CN2CCC[C@H](C(=O)N(C)Cc3ccccc3)C2)cc1. The average Bonchev–Trinajstić information content (AvgIpc) is 2.69. The second-order valence-electron chi connectivity index (χ2n) is 7.10. The lowest BCUT2D eigenvalue weighted by Crippen LogP contribution is -2.43. The topological polar surface area (TPSA) is 23.6 Å². The molecular weight excluding hydrogens is 340 g/mol. The van der Waals surface area contributed by atoms with E-state index in [1.165, 1.54) is 16.0 Å². The predicted octanol–water partition coefficient (Wildman–Crippen LogP) is 4.28. The fraction of sp³-hybridized carbons (Fsp3) is 0.409. The lowest BCUT2D eigenvalue weighted by Gasteiger charge is -2.34. The molecule has 138 valence electrons. The van der Waals surface area contributed by atoms with Crippen LogP contribution in [0.15, 0.2) is 59.5 Å². The quantitative estimate of drug-likeness (QED) is 0.711. The van der Waals surface area contributed by atoms with Crippen molar-refractivity contribution < 1.29 is 4.79 Å². The van der Waals surface area contributed by atoms with Crippen molar-refractivity contribution in [2.45, 2.75) is 30.8 Å². The number of carbonyl (C=O) groups is 1. The largest absolute Gasteiger partial charge is 0.341 e. The van der Waals surface area contributed by atoms with Crippen LogP contribution >= 0.6 is 11.8 Å². The minimum Gasteiger partial charge on any atom is -0.341 e. The van der Waals surface area contributed by atoms with Crippen molar-refractivity contribution >= 4 is 17.7 Å². The van der Waals surface area contributed by atoms with Gasteiger partial charge in [0.1, 0.15) is 0 Å². The summed E-state index contributed by atoms with van der Waals surface area (Å²) in [6.45, 7) is 3.56. The third-order valence-corrected chi connectivity index (χ3v) is 5.80. The van der Waals surface area contributed by atoms with Gasteiger partial charge in [-0.1, -0.05) is 42.5 Å². The van der Waals surface area contributed by atoms with Crippen LogP contribution in [0.5, 0.6) is 0 Å². The molecule has 26 heavy (non-hydrogen) atoms. The van der Waals surface area contributed by atoms with E-state index in [1.54, 1.807) is 11.8 Å². The highest BCUT2D eigenvalue weighted by Gasteiger charge is 2.27. The van der Waals surface area contributed by atoms with Crippen LogP contribution in [0.2, 0.25) is 0 Å². The summed E-state index contributed by atoms with van der Waals surface area (Å²) < 4.78 is 0. The smallest absolute Gasteiger partial charge is 0.227 e. The molecule has 1 atom stereocenters. The van der Waals surface area contributed by atoms with Gasteiger partial charge in [0.25, 0.3) is 0 Å². The van der Waals surface area contributed by atoms with Crippen molar-refractivity contribution in [3.63, 3.8) is 0 Å². The molecule has 0 unspecified atom stereocenters. The molecule has 0 aliphatic carbocycles. The van der Waals surface area contributed by atoms with Crippen LogP contribution < -0.4 is 0 Å². The fourth-order valence-corrected chi connectivity index (χ4v) is 4.04. The molecule has 1 amide bonds. The van der Waals surface area contributed by atoms with Crippen LogP contribution in [0.4, 0.5) is 0 Å². The number of hydrogen-bond donors (Lipinski definition) is 0. The Bertz CT molecular complexity index is 702. The molecule has 0 bridgehead atoms. The van der Waals surface area contributed by atoms with Crippen molar-refractivity contribution in [1.29, 1.82) is 0 Å². The number of carbonyl (C=O) groups excluding carboxylic acids is 1. The van der Waals surface area contributed by atoms with Crippen molar-refractivity contribution in [3.8, 4) is 0 Å². The molecule has 0 aromatic heterocycles.